The summed E-state index contributed by atoms with van der Waals surface area (Å²) in [6.45, 7) is 4.30. The van der Waals surface area contributed by atoms with E-state index in [4.69, 9.17) is 13.6 Å². The first-order valence-corrected chi connectivity index (χ1v) is 25.6. The Balaban J connectivity index is 0.862. The van der Waals surface area contributed by atoms with E-state index in [0.717, 1.165) is 122 Å². The van der Waals surface area contributed by atoms with Crippen LogP contribution in [0.2, 0.25) is 0 Å². The van der Waals surface area contributed by atoms with Crippen molar-refractivity contribution in [2.45, 2.75) is 13.8 Å². The molecule has 5 heteroatoms. The number of rotatable bonds is 8. The summed E-state index contributed by atoms with van der Waals surface area (Å²) >= 11 is 0. The van der Waals surface area contributed by atoms with Crippen molar-refractivity contribution < 1.29 is 13.6 Å². The molecule has 0 aliphatic carbocycles. The number of nitrogens with zero attached hydrogens (tertiary/aromatic N) is 2. The normalized spacial score (nSPS) is 12.1. The van der Waals surface area contributed by atoms with Crippen LogP contribution in [-0.4, -0.2) is 0 Å². The van der Waals surface area contributed by atoms with Crippen LogP contribution in [0.15, 0.2) is 239 Å². The van der Waals surface area contributed by atoms with Gasteiger partial charge in [0.2, 0.25) is 0 Å². The number of aryl methyl sites for hydroxylation is 2. The van der Waals surface area contributed by atoms with Gasteiger partial charge in [0, 0.05) is 65.2 Å². The smallest absolute Gasteiger partial charge is 0.159 e. The average molecular weight is 961 g/mol. The molecule has 0 amide bonds. The quantitative estimate of drug-likeness (QED) is 0.142. The Morgan fingerprint density at radius 2 is 0.667 bits per heavy atom. The molecule has 0 aliphatic rings. The highest BCUT2D eigenvalue weighted by molar-refractivity contribution is 6.29. The van der Waals surface area contributed by atoms with Crippen molar-refractivity contribution in [2.24, 2.45) is 0 Å². The summed E-state index contributed by atoms with van der Waals surface area (Å²) in [5.74, 6) is 1.62. The predicted molar refractivity (Wildman–Crippen MR) is 314 cm³/mol. The fraction of sp³-hybridized carbons (Fsp3) is 0.0286. The van der Waals surface area contributed by atoms with Gasteiger partial charge in [0.05, 0.1) is 22.7 Å². The minimum atomic E-state index is 0.810. The highest BCUT2D eigenvalue weighted by Gasteiger charge is 2.26. The van der Waals surface area contributed by atoms with Gasteiger partial charge in [0.1, 0.15) is 22.7 Å². The average Bonchev–Trinajstić information content (AvgIpc) is 4.03. The van der Waals surface area contributed by atoms with Crippen molar-refractivity contribution in [2.75, 3.05) is 9.80 Å². The number of ether oxygens (including phenoxy) is 1. The number of hydrogen-bond acceptors (Lipinski definition) is 5. The van der Waals surface area contributed by atoms with Crippen LogP contribution in [0.1, 0.15) is 11.1 Å². The fourth-order valence-electron chi connectivity index (χ4n) is 12.4. The maximum Gasteiger partial charge on any atom is 0.159 e. The summed E-state index contributed by atoms with van der Waals surface area (Å²) in [6, 6.07) is 82.8. The maximum absolute atomic E-state index is 7.26. The van der Waals surface area contributed by atoms with Crippen LogP contribution in [0.25, 0.3) is 109 Å². The zero-order chi connectivity index (χ0) is 49.5. The first-order valence-electron chi connectivity index (χ1n) is 25.6. The van der Waals surface area contributed by atoms with Gasteiger partial charge in [-0.2, -0.15) is 0 Å². The van der Waals surface area contributed by atoms with Crippen molar-refractivity contribution in [3.05, 3.63) is 242 Å². The predicted octanol–water partition coefficient (Wildman–Crippen LogP) is 20.6. The molecule has 5 nitrogen and oxygen atoms in total. The van der Waals surface area contributed by atoms with Crippen LogP contribution in [0.4, 0.5) is 34.1 Å². The van der Waals surface area contributed by atoms with E-state index in [0.29, 0.717) is 0 Å². The Labute approximate surface area is 430 Å². The molecule has 0 saturated heterocycles. The minimum absolute atomic E-state index is 0.810. The van der Waals surface area contributed by atoms with E-state index in [1.165, 1.54) is 43.4 Å². The molecule has 0 bridgehead atoms. The second-order valence-electron chi connectivity index (χ2n) is 20.1. The Morgan fingerprint density at radius 3 is 1.12 bits per heavy atom. The molecule has 16 rings (SSSR count). The summed E-state index contributed by atoms with van der Waals surface area (Å²) in [7, 11) is 0. The summed E-state index contributed by atoms with van der Waals surface area (Å²) in [5.41, 5.74) is 12.1. The molecule has 0 atom stereocenters. The molecular weight excluding hydrogens is 917 g/mol. The molecule has 16 aromatic rings. The van der Waals surface area contributed by atoms with Crippen LogP contribution in [0.5, 0.6) is 11.5 Å². The molecule has 14 aromatic carbocycles. The Morgan fingerprint density at radius 1 is 0.293 bits per heavy atom. The topological polar surface area (TPSA) is 42.0 Å². The Bertz CT molecular complexity index is 4670. The third kappa shape index (κ3) is 6.19. The summed E-state index contributed by atoms with van der Waals surface area (Å²) in [6.07, 6.45) is 0. The number of benzene rings is 14. The molecule has 0 spiro atoms. The van der Waals surface area contributed by atoms with Crippen molar-refractivity contribution in [3.63, 3.8) is 0 Å². The molecule has 2 aromatic heterocycles. The van der Waals surface area contributed by atoms with E-state index in [1.807, 2.05) is 12.1 Å². The molecule has 0 unspecified atom stereocenters. The lowest BCUT2D eigenvalue weighted by Crippen LogP contribution is -2.11. The Hall–Kier alpha value is -9.84. The van der Waals surface area contributed by atoms with E-state index in [9.17, 15) is 0 Å². The van der Waals surface area contributed by atoms with Gasteiger partial charge in [0.25, 0.3) is 0 Å². The van der Waals surface area contributed by atoms with Crippen molar-refractivity contribution in [1.29, 1.82) is 0 Å². The zero-order valence-electron chi connectivity index (χ0n) is 41.1. The van der Waals surface area contributed by atoms with Gasteiger partial charge < -0.3 is 23.4 Å². The van der Waals surface area contributed by atoms with Gasteiger partial charge in [-0.25, -0.2) is 0 Å². The van der Waals surface area contributed by atoms with Crippen molar-refractivity contribution >= 4 is 143 Å². The molecular formula is C70H44N2O3. The number of para-hydroxylation sites is 4. The lowest BCUT2D eigenvalue weighted by molar-refractivity contribution is 0.494. The molecule has 2 heterocycles. The third-order valence-corrected chi connectivity index (χ3v) is 15.7. The van der Waals surface area contributed by atoms with Gasteiger partial charge in [-0.15, -0.1) is 0 Å². The van der Waals surface area contributed by atoms with Crippen LogP contribution < -0.4 is 14.5 Å². The third-order valence-electron chi connectivity index (χ3n) is 15.7. The minimum Gasteiger partial charge on any atom is -0.456 e. The SMILES string of the molecule is Cc1cccc(N(c2ccc3ccc4c(Oc5ccc6ccc7c(N(c8cccc(C)c8)c8cccc9c8oc8ccccc89)ccc8ccc5c6c87)ccc5ccc2c3c54)c2cccc3c2oc2ccccc23)c1. The fourth-order valence-corrected chi connectivity index (χ4v) is 12.4. The Kier molecular flexibility index (Phi) is 8.81. The van der Waals surface area contributed by atoms with Crippen LogP contribution >= 0.6 is 0 Å². The molecule has 0 radical (unpaired) electrons. The lowest BCUT2D eigenvalue weighted by Gasteiger charge is -2.28. The van der Waals surface area contributed by atoms with Crippen LogP contribution in [0.3, 0.4) is 0 Å². The van der Waals surface area contributed by atoms with Crippen LogP contribution in [-0.2, 0) is 0 Å². The second kappa shape index (κ2) is 15.8. The van der Waals surface area contributed by atoms with Gasteiger partial charge in [0.15, 0.2) is 11.2 Å². The van der Waals surface area contributed by atoms with E-state index in [1.54, 1.807) is 0 Å². The number of fused-ring (bicyclic) bond motifs is 6. The molecule has 0 fully saturated rings. The first kappa shape index (κ1) is 41.7. The highest BCUT2D eigenvalue weighted by atomic mass is 16.5. The van der Waals surface area contributed by atoms with Gasteiger partial charge in [-0.1, -0.05) is 146 Å². The van der Waals surface area contributed by atoms with Gasteiger partial charge in [-0.05, 0) is 142 Å². The van der Waals surface area contributed by atoms with E-state index in [2.05, 4.69) is 242 Å². The maximum atomic E-state index is 7.26. The van der Waals surface area contributed by atoms with E-state index >= 15 is 0 Å². The number of anilines is 6. The summed E-state index contributed by atoms with van der Waals surface area (Å²) in [4.78, 5) is 4.74. The van der Waals surface area contributed by atoms with Gasteiger partial charge >= 0.3 is 0 Å². The molecule has 0 saturated carbocycles. The standard InChI is InChI=1S/C70H44N2O3/c1-41-11-7-13-47(39-41)71(59-19-9-17-51-49-15-3-5-21-61(49)74-69(51)59)57-35-27-43-25-33-55-63(37-29-45-23-31-53(57)65(43)67(45)55)73-64-38-30-46-24-32-54-58(36-28-44-26-34-56(64)68(46)66(44)54)72(48-14-8-12-42(2)40-48)60-20-10-18-52-50-16-4-6-22-62(50)75-70(52)60/h3-40H,1-2H3. The summed E-state index contributed by atoms with van der Waals surface area (Å²) < 4.78 is 20.7. The number of furan rings is 2. The van der Waals surface area contributed by atoms with Gasteiger partial charge in [-0.3, -0.25) is 0 Å². The first-order chi connectivity index (χ1) is 37.0. The number of hydrogen-bond donors (Lipinski definition) is 0. The largest absolute Gasteiger partial charge is 0.456 e. The highest BCUT2D eigenvalue weighted by Crippen LogP contribution is 2.51. The van der Waals surface area contributed by atoms with Crippen molar-refractivity contribution in [1.82, 2.24) is 0 Å². The monoisotopic (exact) mass is 960 g/mol. The molecule has 75 heavy (non-hydrogen) atoms. The molecule has 0 N–H and O–H groups in total. The molecule has 0 aliphatic heterocycles. The zero-order valence-corrected chi connectivity index (χ0v) is 41.1. The molecule has 352 valence electrons. The second-order valence-corrected chi connectivity index (χ2v) is 20.1. The van der Waals surface area contributed by atoms with Crippen LogP contribution in [0, 0.1) is 13.8 Å². The van der Waals surface area contributed by atoms with Crippen molar-refractivity contribution in [3.8, 4) is 11.5 Å². The van der Waals surface area contributed by atoms with E-state index < -0.39 is 0 Å². The van der Waals surface area contributed by atoms with E-state index in [-0.39, 0.29) is 0 Å². The summed E-state index contributed by atoms with van der Waals surface area (Å²) in [5, 5.41) is 18.2. The lowest BCUT2D eigenvalue weighted by atomic mass is 9.92.